The second-order valence-electron chi connectivity index (χ2n) is 12.1. The molecule has 0 radical (unpaired) electrons. The van der Waals surface area contributed by atoms with Crippen molar-refractivity contribution in [2.45, 2.75) is 28.5 Å². The van der Waals surface area contributed by atoms with Crippen molar-refractivity contribution in [3.05, 3.63) is 89.0 Å². The minimum Gasteiger partial charge on any atom is -0.503 e. The lowest BCUT2D eigenvalue weighted by Crippen LogP contribution is -2.60. The Morgan fingerprint density at radius 3 is 2.26 bits per heavy atom. The van der Waals surface area contributed by atoms with E-state index in [0.29, 0.717) is 16.8 Å². The van der Waals surface area contributed by atoms with Crippen molar-refractivity contribution >= 4 is 75.5 Å². The Labute approximate surface area is 279 Å². The first-order chi connectivity index (χ1) is 21.9. The molecule has 1 saturated carbocycles. The van der Waals surface area contributed by atoms with Crippen LogP contribution in [0.2, 0.25) is 5.02 Å². The van der Waals surface area contributed by atoms with Crippen molar-refractivity contribution in [3.8, 4) is 11.5 Å². The summed E-state index contributed by atoms with van der Waals surface area (Å²) >= 11 is 20.8. The molecule has 3 aromatic carbocycles. The molecule has 2 N–H and O–H groups in total. The van der Waals surface area contributed by atoms with Gasteiger partial charge in [-0.3, -0.25) is 29.0 Å². The van der Waals surface area contributed by atoms with E-state index in [1.165, 1.54) is 31.2 Å². The maximum absolute atomic E-state index is 14.3. The number of hydrogen-bond acceptors (Lipinski definition) is 7. The van der Waals surface area contributed by atoms with Crippen LogP contribution in [0.25, 0.3) is 0 Å². The smallest absolute Gasteiger partial charge is 0.253 e. The number of phenolic OH excluding ortho intramolecular Hbond substituents is 1. The van der Waals surface area contributed by atoms with Gasteiger partial charge in [-0.1, -0.05) is 41.4 Å². The molecule has 0 spiro atoms. The molecule has 2 aliphatic heterocycles. The Balaban J connectivity index is 1.29. The van der Waals surface area contributed by atoms with Gasteiger partial charge in [0.25, 0.3) is 11.8 Å². The highest BCUT2D eigenvalue weighted by Gasteiger charge is 2.76. The molecule has 7 rings (SSSR count). The van der Waals surface area contributed by atoms with Gasteiger partial charge in [-0.2, -0.15) is 0 Å². The van der Waals surface area contributed by atoms with Crippen LogP contribution < -0.4 is 15.0 Å². The van der Waals surface area contributed by atoms with Crippen molar-refractivity contribution in [1.29, 1.82) is 0 Å². The van der Waals surface area contributed by atoms with E-state index in [9.17, 15) is 24.3 Å². The predicted octanol–water partition coefficient (Wildman–Crippen LogP) is 5.99. The molecule has 6 atom stereocenters. The summed E-state index contributed by atoms with van der Waals surface area (Å²) in [6, 6.07) is 19.6. The maximum atomic E-state index is 14.3. The average molecular weight is 681 g/mol. The number of carbonyl (C=O) groups excluding carboxylic acids is 4. The van der Waals surface area contributed by atoms with Crippen LogP contribution in [0.15, 0.2) is 78.4 Å². The quantitative estimate of drug-likeness (QED) is 0.193. The van der Waals surface area contributed by atoms with Crippen LogP contribution >= 0.6 is 34.8 Å². The molecule has 4 amide bonds. The zero-order chi connectivity index (χ0) is 32.7. The van der Waals surface area contributed by atoms with E-state index in [2.05, 4.69) is 5.32 Å². The summed E-state index contributed by atoms with van der Waals surface area (Å²) in [6.45, 7) is 0. The molecule has 12 heteroatoms. The second-order valence-corrected chi connectivity index (χ2v) is 13.7. The Hall–Kier alpha value is -4.05. The summed E-state index contributed by atoms with van der Waals surface area (Å²) in [6.07, 6.45) is 1.92. The minimum absolute atomic E-state index is 0.0352. The van der Waals surface area contributed by atoms with Gasteiger partial charge in [0.15, 0.2) is 21.2 Å². The molecule has 4 aliphatic rings. The lowest BCUT2D eigenvalue weighted by atomic mass is 9.56. The summed E-state index contributed by atoms with van der Waals surface area (Å²) in [7, 11) is 2.67. The van der Waals surface area contributed by atoms with E-state index in [4.69, 9.17) is 39.5 Å². The number of para-hydroxylation sites is 1. The number of rotatable bonds is 5. The predicted molar refractivity (Wildman–Crippen MR) is 174 cm³/mol. The summed E-state index contributed by atoms with van der Waals surface area (Å²) in [5.41, 5.74) is 3.08. The first-order valence-corrected chi connectivity index (χ1v) is 15.8. The largest absolute Gasteiger partial charge is 0.503 e. The molecule has 9 nitrogen and oxygen atoms in total. The number of methoxy groups -OCH3 is 1. The number of nitrogens with one attached hydrogen (secondary N) is 1. The number of benzene rings is 3. The van der Waals surface area contributed by atoms with Crippen LogP contribution in [-0.2, 0) is 19.2 Å². The molecule has 2 saturated heterocycles. The average Bonchev–Trinajstić information content (AvgIpc) is 3.38. The van der Waals surface area contributed by atoms with E-state index in [1.807, 2.05) is 36.4 Å². The third-order valence-corrected chi connectivity index (χ3v) is 11.5. The van der Waals surface area contributed by atoms with Gasteiger partial charge in [0.1, 0.15) is 0 Å². The molecule has 0 bridgehead atoms. The number of amides is 4. The number of fused-ring (bicyclic) bond motifs is 4. The standard InChI is InChI=1S/C34H28Cl3N3O6/c1-39-31(44)33(36)16-23-21(27(34(33,37)32(39)45)17-14-24(35)28(41)25(15-17)46-2)12-13-22-26(23)30(43)40(29(22)42)20-10-8-19(9-11-20)38-18-6-4-3-5-7-18/h3-12,14-15,22-23,26-27,38,41H,13,16H2,1-2H3/t22-,23+,26-,27-,33+,34-/m0/s1. The fourth-order valence-corrected chi connectivity index (χ4v) is 8.91. The van der Waals surface area contributed by atoms with Crippen LogP contribution in [0.1, 0.15) is 24.3 Å². The number of aromatic hydroxyl groups is 1. The summed E-state index contributed by atoms with van der Waals surface area (Å²) in [5, 5.41) is 13.7. The first-order valence-electron chi connectivity index (χ1n) is 14.7. The number of anilines is 3. The van der Waals surface area contributed by atoms with Gasteiger partial charge in [-0.25, -0.2) is 0 Å². The SMILES string of the molecule is COc1cc([C@H]2C3=CC[C@@H]4C(=O)N(c5ccc(Nc6ccccc6)cc5)C(=O)[C@@H]4[C@@H]3C[C@@]3(Cl)C(=O)N(C)C(=O)[C@@]23Cl)cc(Cl)c1O. The monoisotopic (exact) mass is 679 g/mol. The molecule has 3 fully saturated rings. The van der Waals surface area contributed by atoms with Crippen molar-refractivity contribution in [3.63, 3.8) is 0 Å². The van der Waals surface area contributed by atoms with E-state index in [0.717, 1.165) is 16.3 Å². The van der Waals surface area contributed by atoms with Gasteiger partial charge >= 0.3 is 0 Å². The lowest BCUT2D eigenvalue weighted by Gasteiger charge is -2.50. The molecule has 2 aliphatic carbocycles. The Morgan fingerprint density at radius 2 is 1.59 bits per heavy atom. The highest BCUT2D eigenvalue weighted by atomic mass is 35.5. The number of ether oxygens (including phenoxy) is 1. The zero-order valence-corrected chi connectivity index (χ0v) is 26.9. The van der Waals surface area contributed by atoms with E-state index < -0.39 is 51.1 Å². The number of nitrogens with zero attached hydrogens (tertiary/aromatic N) is 2. The number of alkyl halides is 2. The Bertz CT molecular complexity index is 1850. The van der Waals surface area contributed by atoms with Crippen molar-refractivity contribution in [1.82, 2.24) is 4.90 Å². The van der Waals surface area contributed by atoms with Crippen LogP contribution in [-0.4, -0.2) is 57.5 Å². The van der Waals surface area contributed by atoms with Crippen molar-refractivity contribution in [2.75, 3.05) is 24.4 Å². The topological polar surface area (TPSA) is 116 Å². The molecule has 0 aromatic heterocycles. The normalized spacial score (nSPS) is 30.2. The third kappa shape index (κ3) is 4.14. The van der Waals surface area contributed by atoms with Gasteiger partial charge in [-0.05, 0) is 72.9 Å². The highest BCUT2D eigenvalue weighted by Crippen LogP contribution is 2.65. The number of imide groups is 2. The van der Waals surface area contributed by atoms with E-state index >= 15 is 0 Å². The Morgan fingerprint density at radius 1 is 0.913 bits per heavy atom. The third-order valence-electron chi connectivity index (χ3n) is 9.81. The summed E-state index contributed by atoms with van der Waals surface area (Å²) in [4.78, 5) is 53.8. The number of phenols is 1. The summed E-state index contributed by atoms with van der Waals surface area (Å²) < 4.78 is 5.33. The number of halogens is 3. The van der Waals surface area contributed by atoms with Gasteiger partial charge in [0.2, 0.25) is 11.8 Å². The van der Waals surface area contributed by atoms with Crippen LogP contribution in [0, 0.1) is 17.8 Å². The molecule has 2 heterocycles. The molecular weight excluding hydrogens is 653 g/mol. The number of likely N-dealkylation sites (tertiary alicyclic amines) is 1. The Kier molecular flexibility index (Phi) is 7.15. The lowest BCUT2D eigenvalue weighted by molar-refractivity contribution is -0.138. The van der Waals surface area contributed by atoms with Crippen molar-refractivity contribution < 1.29 is 29.0 Å². The first kappa shape index (κ1) is 30.6. The maximum Gasteiger partial charge on any atom is 0.253 e. The molecular formula is C34H28Cl3N3O6. The van der Waals surface area contributed by atoms with Gasteiger partial charge in [-0.15, -0.1) is 23.2 Å². The fraction of sp³-hybridized carbons (Fsp3) is 0.294. The van der Waals surface area contributed by atoms with Crippen LogP contribution in [0.5, 0.6) is 11.5 Å². The molecule has 46 heavy (non-hydrogen) atoms. The highest BCUT2D eigenvalue weighted by molar-refractivity contribution is 6.53. The summed E-state index contributed by atoms with van der Waals surface area (Å²) in [5.74, 6) is -5.69. The van der Waals surface area contributed by atoms with E-state index in [-0.39, 0.29) is 35.3 Å². The fourth-order valence-electron chi connectivity index (χ4n) is 7.67. The van der Waals surface area contributed by atoms with Crippen molar-refractivity contribution in [2.24, 2.45) is 17.8 Å². The van der Waals surface area contributed by atoms with Crippen LogP contribution in [0.3, 0.4) is 0 Å². The molecule has 3 aromatic rings. The molecule has 0 unspecified atom stereocenters. The van der Waals surface area contributed by atoms with Gasteiger partial charge in [0.05, 0.1) is 29.7 Å². The molecule has 236 valence electrons. The van der Waals surface area contributed by atoms with Gasteiger partial charge in [0, 0.05) is 24.3 Å². The van der Waals surface area contributed by atoms with Crippen LogP contribution in [0.4, 0.5) is 17.1 Å². The number of hydrogen-bond donors (Lipinski definition) is 2. The number of allylic oxidation sites excluding steroid dienone is 2. The zero-order valence-electron chi connectivity index (χ0n) is 24.7. The second kappa shape index (κ2) is 10.8. The minimum atomic E-state index is -1.98. The number of carbonyl (C=O) groups is 4. The van der Waals surface area contributed by atoms with E-state index in [1.54, 1.807) is 24.3 Å². The van der Waals surface area contributed by atoms with Gasteiger partial charge < -0.3 is 15.2 Å².